The fourth-order valence-electron chi connectivity index (χ4n) is 6.59. The quantitative estimate of drug-likeness (QED) is 0.436. The summed E-state index contributed by atoms with van der Waals surface area (Å²) in [5, 5.41) is 2.74. The summed E-state index contributed by atoms with van der Waals surface area (Å²) < 4.78 is 0. The fourth-order valence-corrected chi connectivity index (χ4v) is 6.59. The molecule has 0 saturated heterocycles. The van der Waals surface area contributed by atoms with E-state index in [0.29, 0.717) is 0 Å². The zero-order chi connectivity index (χ0) is 22.9. The van der Waals surface area contributed by atoms with Gasteiger partial charge in [-0.1, -0.05) is 97.1 Å². The van der Waals surface area contributed by atoms with Crippen LogP contribution in [0.2, 0.25) is 0 Å². The van der Waals surface area contributed by atoms with Gasteiger partial charge >= 0.3 is 0 Å². The fraction of sp³-hybridized carbons (Fsp3) is 0.0882. The van der Waals surface area contributed by atoms with Crippen molar-refractivity contribution in [2.45, 2.75) is 12.8 Å². The lowest BCUT2D eigenvalue weighted by Crippen LogP contribution is -2.29. The van der Waals surface area contributed by atoms with Crippen LogP contribution in [0.4, 0.5) is 0 Å². The lowest BCUT2D eigenvalue weighted by atomic mass is 9.84. The second-order valence-corrected chi connectivity index (χ2v) is 9.76. The molecule has 1 aliphatic heterocycles. The van der Waals surface area contributed by atoms with E-state index in [1.54, 1.807) is 0 Å². The summed E-state index contributed by atoms with van der Waals surface area (Å²) in [7, 11) is 0. The molecule has 1 nitrogen and oxygen atoms in total. The van der Waals surface area contributed by atoms with Crippen LogP contribution in [0.3, 0.4) is 0 Å². The van der Waals surface area contributed by atoms with E-state index in [4.69, 9.17) is 4.99 Å². The molecule has 0 bridgehead atoms. The van der Waals surface area contributed by atoms with E-state index in [0.717, 1.165) is 18.6 Å². The molecule has 3 aromatic carbocycles. The Morgan fingerprint density at radius 3 is 2.11 bits per heavy atom. The van der Waals surface area contributed by atoms with Gasteiger partial charge in [0.1, 0.15) is 0 Å². The van der Waals surface area contributed by atoms with Crippen molar-refractivity contribution in [3.8, 4) is 0 Å². The Bertz CT molecular complexity index is 1780. The number of benzene rings is 3. The number of rotatable bonds is 2. The van der Waals surface area contributed by atoms with Crippen molar-refractivity contribution in [3.63, 3.8) is 0 Å². The van der Waals surface area contributed by atoms with E-state index >= 15 is 0 Å². The van der Waals surface area contributed by atoms with Crippen LogP contribution in [-0.4, -0.2) is 5.71 Å². The first kappa shape index (κ1) is 19.1. The highest BCUT2D eigenvalue weighted by molar-refractivity contribution is 6.38. The Morgan fingerprint density at radius 1 is 0.657 bits per heavy atom. The average molecular weight is 446 g/mol. The van der Waals surface area contributed by atoms with Gasteiger partial charge in [-0.25, -0.2) is 0 Å². The Hall–Kier alpha value is -4.23. The predicted molar refractivity (Wildman–Crippen MR) is 147 cm³/mol. The Morgan fingerprint density at radius 2 is 1.31 bits per heavy atom. The average Bonchev–Trinajstić information content (AvgIpc) is 3.58. The van der Waals surface area contributed by atoms with E-state index in [9.17, 15) is 0 Å². The van der Waals surface area contributed by atoms with E-state index in [2.05, 4.69) is 109 Å². The molecule has 4 aliphatic carbocycles. The lowest BCUT2D eigenvalue weighted by Gasteiger charge is -2.18. The molecule has 35 heavy (non-hydrogen) atoms. The maximum absolute atomic E-state index is 4.82. The third-order valence-electron chi connectivity index (χ3n) is 8.00. The van der Waals surface area contributed by atoms with Crippen molar-refractivity contribution in [2.75, 3.05) is 0 Å². The number of aliphatic imine (C=N–C) groups is 1. The SMILES string of the molecule is C1=CC2=NC=C(C3=C4C(=C(C5=c6ccccc6=CCC5)c5ccccc54)c4ccccc43)C2C=C1. The molecular weight excluding hydrogens is 422 g/mol. The van der Waals surface area contributed by atoms with Crippen LogP contribution in [0.1, 0.15) is 35.1 Å². The minimum Gasteiger partial charge on any atom is -0.260 e. The van der Waals surface area contributed by atoms with Crippen molar-refractivity contribution in [1.82, 2.24) is 0 Å². The van der Waals surface area contributed by atoms with Crippen LogP contribution in [0.5, 0.6) is 0 Å². The van der Waals surface area contributed by atoms with E-state index in [1.807, 2.05) is 0 Å². The molecule has 0 radical (unpaired) electrons. The molecule has 1 unspecified atom stereocenters. The van der Waals surface area contributed by atoms with Gasteiger partial charge in [0.25, 0.3) is 0 Å². The Balaban J connectivity index is 1.50. The summed E-state index contributed by atoms with van der Waals surface area (Å²) >= 11 is 0. The number of hydrogen-bond acceptors (Lipinski definition) is 1. The number of allylic oxidation sites excluding steroid dienone is 9. The van der Waals surface area contributed by atoms with Gasteiger partial charge in [0.05, 0.1) is 5.71 Å². The minimum absolute atomic E-state index is 0.226. The molecule has 0 N–H and O–H groups in total. The van der Waals surface area contributed by atoms with Crippen molar-refractivity contribution in [1.29, 1.82) is 0 Å². The number of hydrogen-bond donors (Lipinski definition) is 0. The Labute approximate surface area is 204 Å². The van der Waals surface area contributed by atoms with Crippen molar-refractivity contribution >= 4 is 39.7 Å². The molecule has 0 saturated carbocycles. The highest BCUT2D eigenvalue weighted by Gasteiger charge is 2.40. The molecule has 8 rings (SSSR count). The molecule has 3 aromatic rings. The second kappa shape index (κ2) is 7.13. The summed E-state index contributed by atoms with van der Waals surface area (Å²) in [6.07, 6.45) is 15.3. The van der Waals surface area contributed by atoms with Crippen LogP contribution in [-0.2, 0) is 0 Å². The summed E-state index contributed by atoms with van der Waals surface area (Å²) in [6.45, 7) is 0. The minimum atomic E-state index is 0.226. The molecule has 1 heteroatoms. The van der Waals surface area contributed by atoms with Gasteiger partial charge in [0.15, 0.2) is 0 Å². The third-order valence-corrected chi connectivity index (χ3v) is 8.00. The first-order valence-corrected chi connectivity index (χ1v) is 12.5. The number of fused-ring (bicyclic) bond motifs is 7. The van der Waals surface area contributed by atoms with Gasteiger partial charge in [-0.2, -0.15) is 0 Å². The highest BCUT2D eigenvalue weighted by Crippen LogP contribution is 2.60. The lowest BCUT2D eigenvalue weighted by molar-refractivity contribution is 1.09. The molecule has 0 fully saturated rings. The Kier molecular flexibility index (Phi) is 3.90. The maximum atomic E-state index is 4.82. The molecule has 0 aromatic heterocycles. The van der Waals surface area contributed by atoms with Gasteiger partial charge in [-0.05, 0) is 85.0 Å². The standard InChI is InChI=1S/C34H23N/c1-2-12-22-21(10-1)11-9-18-24(22)31-25-14-3-5-16-27(25)34-32(26-15-4-6-17-28(26)33(31)34)29-20-35-30-19-8-7-13-23(29)30/h1-8,10-17,19-20,23H,9,18H2. The normalized spacial score (nSPS) is 20.7. The van der Waals surface area contributed by atoms with Crippen molar-refractivity contribution in [2.24, 2.45) is 10.9 Å². The summed E-state index contributed by atoms with van der Waals surface area (Å²) in [6, 6.07) is 26.9. The van der Waals surface area contributed by atoms with Crippen LogP contribution in [0.25, 0.3) is 33.9 Å². The van der Waals surface area contributed by atoms with Crippen LogP contribution >= 0.6 is 0 Å². The highest BCUT2D eigenvalue weighted by atomic mass is 14.8. The summed E-state index contributed by atoms with van der Waals surface area (Å²) in [4.78, 5) is 4.82. The largest absolute Gasteiger partial charge is 0.260 e. The maximum Gasteiger partial charge on any atom is 0.0517 e. The summed E-state index contributed by atoms with van der Waals surface area (Å²) in [5.41, 5.74) is 14.9. The van der Waals surface area contributed by atoms with Crippen LogP contribution in [0.15, 0.2) is 114 Å². The van der Waals surface area contributed by atoms with Gasteiger partial charge < -0.3 is 0 Å². The van der Waals surface area contributed by atoms with Crippen LogP contribution < -0.4 is 10.4 Å². The van der Waals surface area contributed by atoms with Crippen LogP contribution in [0, 0.1) is 5.92 Å². The summed E-state index contributed by atoms with van der Waals surface area (Å²) in [5.74, 6) is 0.226. The number of nitrogens with zero attached hydrogens (tertiary/aromatic N) is 1. The monoisotopic (exact) mass is 445 g/mol. The molecule has 0 spiro atoms. The van der Waals surface area contributed by atoms with Crippen molar-refractivity contribution < 1.29 is 0 Å². The van der Waals surface area contributed by atoms with E-state index in [1.165, 1.54) is 66.1 Å². The first-order chi connectivity index (χ1) is 17.4. The van der Waals surface area contributed by atoms with Gasteiger partial charge in [0.2, 0.25) is 0 Å². The van der Waals surface area contributed by atoms with Gasteiger partial charge in [0, 0.05) is 12.1 Å². The van der Waals surface area contributed by atoms with E-state index in [-0.39, 0.29) is 5.92 Å². The molecule has 5 aliphatic rings. The molecule has 1 atom stereocenters. The molecular formula is C34H23N. The second-order valence-electron chi connectivity index (χ2n) is 9.76. The topological polar surface area (TPSA) is 12.4 Å². The third kappa shape index (κ3) is 2.56. The van der Waals surface area contributed by atoms with Gasteiger partial charge in [-0.3, -0.25) is 4.99 Å². The van der Waals surface area contributed by atoms with E-state index < -0.39 is 0 Å². The zero-order valence-corrected chi connectivity index (χ0v) is 19.3. The first-order valence-electron chi connectivity index (χ1n) is 12.5. The van der Waals surface area contributed by atoms with Crippen molar-refractivity contribution in [3.05, 3.63) is 142 Å². The molecule has 164 valence electrons. The van der Waals surface area contributed by atoms with Gasteiger partial charge in [-0.15, -0.1) is 0 Å². The molecule has 1 heterocycles. The molecule has 0 amide bonds. The predicted octanol–water partition coefficient (Wildman–Crippen LogP) is 6.34. The smallest absolute Gasteiger partial charge is 0.0517 e. The zero-order valence-electron chi connectivity index (χ0n) is 19.3.